The fourth-order valence-corrected chi connectivity index (χ4v) is 8.40. The zero-order valence-electron chi connectivity index (χ0n) is 30.4. The first-order valence-corrected chi connectivity index (χ1v) is 19.2. The topological polar surface area (TPSA) is 111 Å². The molecular weight excluding hydrogens is 735 g/mol. The molecule has 278 valence electrons. The van der Waals surface area contributed by atoms with Crippen molar-refractivity contribution in [3.05, 3.63) is 138 Å². The number of piperidine rings is 1. The number of hydrogen-bond donors (Lipinski definition) is 0. The van der Waals surface area contributed by atoms with Gasteiger partial charge in [0.25, 0.3) is 11.1 Å². The molecular formula is C41H38Cl2N10O2. The van der Waals surface area contributed by atoms with Crippen LogP contribution in [0, 0.1) is 5.92 Å². The molecule has 1 fully saturated rings. The van der Waals surface area contributed by atoms with Gasteiger partial charge in [0.1, 0.15) is 0 Å². The third-order valence-corrected chi connectivity index (χ3v) is 11.5. The molecule has 0 N–H and O–H groups in total. The number of anilines is 2. The summed E-state index contributed by atoms with van der Waals surface area (Å²) in [5.41, 5.74) is 5.39. The first-order chi connectivity index (χ1) is 26.7. The Balaban J connectivity index is 0.000000145. The number of rotatable bonds is 4. The third kappa shape index (κ3) is 6.28. The molecule has 10 rings (SSSR count). The zero-order valence-corrected chi connectivity index (χ0v) is 32.0. The third-order valence-electron chi connectivity index (χ3n) is 11.0. The summed E-state index contributed by atoms with van der Waals surface area (Å²) in [4.78, 5) is 29.8. The minimum atomic E-state index is -0.127. The van der Waals surface area contributed by atoms with Crippen molar-refractivity contribution >= 4 is 68.5 Å². The van der Waals surface area contributed by atoms with E-state index in [-0.39, 0.29) is 11.1 Å². The normalized spacial score (nSPS) is 14.8. The van der Waals surface area contributed by atoms with Gasteiger partial charge in [0.15, 0.2) is 0 Å². The molecule has 8 aromatic rings. The Labute approximate surface area is 325 Å². The van der Waals surface area contributed by atoms with E-state index in [0.29, 0.717) is 38.3 Å². The van der Waals surface area contributed by atoms with E-state index in [1.165, 1.54) is 25.8 Å². The average Bonchev–Trinajstić information content (AvgIpc) is 3.86. The first kappa shape index (κ1) is 35.0. The van der Waals surface area contributed by atoms with E-state index in [2.05, 4.69) is 84.8 Å². The Bertz CT molecular complexity index is 2860. The molecule has 0 bridgehead atoms. The van der Waals surface area contributed by atoms with Gasteiger partial charge < -0.3 is 9.80 Å². The molecule has 2 aliphatic rings. The van der Waals surface area contributed by atoms with Gasteiger partial charge in [0, 0.05) is 50.3 Å². The Morgan fingerprint density at radius 3 is 1.73 bits per heavy atom. The second-order valence-electron chi connectivity index (χ2n) is 14.4. The van der Waals surface area contributed by atoms with Crippen LogP contribution in [-0.2, 0) is 33.5 Å². The van der Waals surface area contributed by atoms with Gasteiger partial charge in [-0.1, -0.05) is 77.8 Å². The maximum absolute atomic E-state index is 12.7. The van der Waals surface area contributed by atoms with Crippen LogP contribution in [0.3, 0.4) is 0 Å². The lowest BCUT2D eigenvalue weighted by molar-refractivity contribution is 0.400. The summed E-state index contributed by atoms with van der Waals surface area (Å²) >= 11 is 12.3. The molecule has 0 spiro atoms. The van der Waals surface area contributed by atoms with Crippen molar-refractivity contribution < 1.29 is 0 Å². The van der Waals surface area contributed by atoms with E-state index in [1.807, 2.05) is 20.9 Å². The van der Waals surface area contributed by atoms with Crippen molar-refractivity contribution in [1.82, 2.24) is 38.3 Å². The van der Waals surface area contributed by atoms with Crippen molar-refractivity contribution in [1.29, 1.82) is 0 Å². The lowest BCUT2D eigenvalue weighted by Gasteiger charge is -2.32. The van der Waals surface area contributed by atoms with E-state index in [0.717, 1.165) is 74.8 Å². The van der Waals surface area contributed by atoms with Gasteiger partial charge in [0.05, 0.1) is 21.8 Å². The maximum Gasteiger partial charge on any atom is 0.262 e. The van der Waals surface area contributed by atoms with Gasteiger partial charge in [-0.2, -0.15) is 0 Å². The molecule has 4 aromatic carbocycles. The van der Waals surface area contributed by atoms with Crippen molar-refractivity contribution in [3.63, 3.8) is 0 Å². The van der Waals surface area contributed by atoms with Crippen molar-refractivity contribution in [2.24, 2.45) is 20.0 Å². The highest BCUT2D eigenvalue weighted by molar-refractivity contribution is 6.31. The predicted octanol–water partition coefficient (Wildman–Crippen LogP) is 6.49. The summed E-state index contributed by atoms with van der Waals surface area (Å²) in [5, 5.41) is 19.7. The molecule has 2 aliphatic heterocycles. The van der Waals surface area contributed by atoms with Gasteiger partial charge in [-0.15, -0.1) is 20.4 Å². The number of benzene rings is 4. The van der Waals surface area contributed by atoms with Crippen LogP contribution in [-0.4, -0.2) is 58.0 Å². The molecule has 0 aliphatic carbocycles. The van der Waals surface area contributed by atoms with E-state index in [9.17, 15) is 9.59 Å². The molecule has 6 heterocycles. The molecule has 4 aromatic heterocycles. The standard InChI is InChI=1S/C22H22ClN5O.C19H16ClN5O/c1-26-20(29)18-14-17(23)7-8-19(18)28-21(26)24-25-22(28)27-11-9-16(10-12-27)13-15-5-3-2-4-6-15;1-23-17(26)15-10-14(20)6-7-16(15)25-18(23)21-22-19(25)24-9-8-12-4-2-3-5-13(12)11-24/h2-8,14,16H,9-13H2,1H3;2-7,10H,8-9,11H2,1H3. The molecule has 14 heteroatoms. The smallest absolute Gasteiger partial charge is 0.262 e. The minimum Gasteiger partial charge on any atom is -0.341 e. The summed E-state index contributed by atoms with van der Waals surface area (Å²) < 4.78 is 6.98. The Morgan fingerprint density at radius 1 is 0.618 bits per heavy atom. The number of fused-ring (bicyclic) bond motifs is 7. The van der Waals surface area contributed by atoms with Gasteiger partial charge >= 0.3 is 0 Å². The number of aryl methyl sites for hydroxylation is 2. The largest absolute Gasteiger partial charge is 0.341 e. The van der Waals surface area contributed by atoms with Crippen LogP contribution in [0.2, 0.25) is 10.0 Å². The summed E-state index contributed by atoms with van der Waals surface area (Å²) in [5.74, 6) is 3.29. The minimum absolute atomic E-state index is 0.115. The molecule has 0 amide bonds. The predicted molar refractivity (Wildman–Crippen MR) is 218 cm³/mol. The Kier molecular flexibility index (Phi) is 9.02. The fourth-order valence-electron chi connectivity index (χ4n) is 8.05. The van der Waals surface area contributed by atoms with Crippen LogP contribution >= 0.6 is 23.2 Å². The van der Waals surface area contributed by atoms with Crippen LogP contribution in [0.1, 0.15) is 29.5 Å². The fraction of sp³-hybridized carbons (Fsp3) is 0.268. The zero-order chi connectivity index (χ0) is 37.8. The number of halogens is 2. The second-order valence-corrected chi connectivity index (χ2v) is 15.3. The average molecular weight is 774 g/mol. The van der Waals surface area contributed by atoms with E-state index >= 15 is 0 Å². The van der Waals surface area contributed by atoms with E-state index in [4.69, 9.17) is 23.2 Å². The van der Waals surface area contributed by atoms with Crippen molar-refractivity contribution in [2.75, 3.05) is 29.4 Å². The molecule has 0 saturated carbocycles. The Hall–Kier alpha value is -5.72. The van der Waals surface area contributed by atoms with Crippen molar-refractivity contribution in [2.45, 2.75) is 32.2 Å². The maximum atomic E-state index is 12.7. The molecule has 0 radical (unpaired) electrons. The highest BCUT2D eigenvalue weighted by Gasteiger charge is 2.26. The monoisotopic (exact) mass is 772 g/mol. The lowest BCUT2D eigenvalue weighted by Crippen LogP contribution is -2.35. The molecule has 55 heavy (non-hydrogen) atoms. The molecule has 1 saturated heterocycles. The highest BCUT2D eigenvalue weighted by Crippen LogP contribution is 2.29. The second kappa shape index (κ2) is 14.2. The van der Waals surface area contributed by atoms with Crippen molar-refractivity contribution in [3.8, 4) is 0 Å². The van der Waals surface area contributed by atoms with Gasteiger partial charge in [-0.3, -0.25) is 18.7 Å². The quantitative estimate of drug-likeness (QED) is 0.200. The highest BCUT2D eigenvalue weighted by atomic mass is 35.5. The van der Waals surface area contributed by atoms with Crippen LogP contribution in [0.5, 0.6) is 0 Å². The van der Waals surface area contributed by atoms with E-state index < -0.39 is 0 Å². The molecule has 12 nitrogen and oxygen atoms in total. The van der Waals surface area contributed by atoms with Gasteiger partial charge in [-0.25, -0.2) is 8.80 Å². The Morgan fingerprint density at radius 2 is 1.15 bits per heavy atom. The van der Waals surface area contributed by atoms with Crippen LogP contribution < -0.4 is 20.9 Å². The molecule has 0 unspecified atom stereocenters. The van der Waals surface area contributed by atoms with Crippen LogP contribution in [0.15, 0.2) is 101 Å². The SMILES string of the molecule is Cn1c(=O)c2cc(Cl)ccc2n2c(N3CCC(Cc4ccccc4)CC3)nnc12.Cn1c(=O)c2cc(Cl)ccc2n2c(N3CCc4ccccc4C3)nnc12. The summed E-state index contributed by atoms with van der Waals surface area (Å²) in [6.45, 7) is 3.48. The van der Waals surface area contributed by atoms with Gasteiger partial charge in [0.2, 0.25) is 23.5 Å². The summed E-state index contributed by atoms with van der Waals surface area (Å²) in [6.07, 6.45) is 4.30. The summed E-state index contributed by atoms with van der Waals surface area (Å²) in [7, 11) is 3.44. The summed E-state index contributed by atoms with van der Waals surface area (Å²) in [6, 6.07) is 29.9. The first-order valence-electron chi connectivity index (χ1n) is 18.4. The van der Waals surface area contributed by atoms with Crippen LogP contribution in [0.25, 0.3) is 33.4 Å². The van der Waals surface area contributed by atoms with Gasteiger partial charge in [-0.05, 0) is 84.7 Å². The number of nitrogens with zero attached hydrogens (tertiary/aromatic N) is 10. The number of hydrogen-bond acceptors (Lipinski definition) is 8. The van der Waals surface area contributed by atoms with E-state index in [1.54, 1.807) is 38.4 Å². The van der Waals surface area contributed by atoms with Crippen LogP contribution in [0.4, 0.5) is 11.9 Å². The molecule has 0 atom stereocenters. The number of aromatic nitrogens is 8. The lowest BCUT2D eigenvalue weighted by atomic mass is 9.90.